The summed E-state index contributed by atoms with van der Waals surface area (Å²) in [6.07, 6.45) is 3.06. The van der Waals surface area contributed by atoms with Gasteiger partial charge < -0.3 is 0 Å². The predicted octanol–water partition coefficient (Wildman–Crippen LogP) is 4.39. The second-order valence-electron chi connectivity index (χ2n) is 5.01. The van der Waals surface area contributed by atoms with E-state index in [1.165, 1.54) is 5.56 Å². The lowest BCUT2D eigenvalue weighted by atomic mass is 10.1. The van der Waals surface area contributed by atoms with Crippen LogP contribution < -0.4 is 4.72 Å². The second kappa shape index (κ2) is 5.63. The first-order chi connectivity index (χ1) is 9.95. The zero-order chi connectivity index (χ0) is 15.0. The van der Waals surface area contributed by atoms with E-state index in [-0.39, 0.29) is 4.90 Å². The monoisotopic (exact) mass is 385 g/mol. The van der Waals surface area contributed by atoms with Crippen molar-refractivity contribution in [2.75, 3.05) is 4.72 Å². The van der Waals surface area contributed by atoms with Gasteiger partial charge in [0, 0.05) is 9.50 Å². The third-order valence-electron chi connectivity index (χ3n) is 3.55. The molecule has 0 aromatic heterocycles. The van der Waals surface area contributed by atoms with Crippen molar-refractivity contribution in [1.82, 2.24) is 0 Å². The van der Waals surface area contributed by atoms with E-state index < -0.39 is 10.0 Å². The minimum Gasteiger partial charge on any atom is -0.278 e. The zero-order valence-corrected chi connectivity index (χ0v) is 14.2. The van der Waals surface area contributed by atoms with Gasteiger partial charge in [0.1, 0.15) is 0 Å². The lowest BCUT2D eigenvalue weighted by Gasteiger charge is -2.11. The molecule has 0 atom stereocenters. The summed E-state index contributed by atoms with van der Waals surface area (Å²) in [7, 11) is -3.61. The third-order valence-corrected chi connectivity index (χ3v) is 5.84. The number of rotatable bonds is 3. The highest BCUT2D eigenvalue weighted by atomic mass is 79.9. The van der Waals surface area contributed by atoms with E-state index >= 15 is 0 Å². The van der Waals surface area contributed by atoms with Crippen LogP contribution in [0.2, 0.25) is 5.02 Å². The van der Waals surface area contributed by atoms with Gasteiger partial charge in [-0.05, 0) is 76.7 Å². The Morgan fingerprint density at radius 1 is 1.05 bits per heavy atom. The van der Waals surface area contributed by atoms with E-state index in [2.05, 4.69) is 20.7 Å². The number of aryl methyl sites for hydroxylation is 2. The molecule has 0 fully saturated rings. The molecular weight excluding hydrogens is 374 g/mol. The Morgan fingerprint density at radius 2 is 1.81 bits per heavy atom. The van der Waals surface area contributed by atoms with Crippen LogP contribution in [-0.2, 0) is 22.9 Å². The summed E-state index contributed by atoms with van der Waals surface area (Å²) in [5, 5.41) is 0.477. The number of hydrogen-bond donors (Lipinski definition) is 1. The number of sulfonamides is 1. The Balaban J connectivity index is 1.95. The van der Waals surface area contributed by atoms with E-state index in [1.54, 1.807) is 30.3 Å². The van der Waals surface area contributed by atoms with Gasteiger partial charge in [-0.1, -0.05) is 17.7 Å². The summed E-state index contributed by atoms with van der Waals surface area (Å²) in [4.78, 5) is 0.287. The minimum absolute atomic E-state index is 0.287. The van der Waals surface area contributed by atoms with Crippen molar-refractivity contribution in [2.45, 2.75) is 24.2 Å². The molecule has 0 unspecified atom stereocenters. The van der Waals surface area contributed by atoms with Gasteiger partial charge in [-0.25, -0.2) is 8.42 Å². The topological polar surface area (TPSA) is 46.2 Å². The Kier molecular flexibility index (Phi) is 3.99. The van der Waals surface area contributed by atoms with E-state index in [0.717, 1.165) is 24.8 Å². The second-order valence-corrected chi connectivity index (χ2v) is 7.99. The molecule has 21 heavy (non-hydrogen) atoms. The molecule has 1 N–H and O–H groups in total. The van der Waals surface area contributed by atoms with Gasteiger partial charge in [0.05, 0.1) is 10.6 Å². The largest absolute Gasteiger partial charge is 0.278 e. The molecule has 0 radical (unpaired) electrons. The van der Waals surface area contributed by atoms with Crippen LogP contribution in [0, 0.1) is 0 Å². The number of hydrogen-bond acceptors (Lipinski definition) is 2. The van der Waals surface area contributed by atoms with Gasteiger partial charge in [-0.2, -0.15) is 0 Å². The normalized spacial score (nSPS) is 14.0. The van der Waals surface area contributed by atoms with Crippen molar-refractivity contribution in [2.24, 2.45) is 0 Å². The van der Waals surface area contributed by atoms with Gasteiger partial charge in [0.2, 0.25) is 0 Å². The fraction of sp³-hybridized carbons (Fsp3) is 0.200. The molecule has 3 rings (SSSR count). The van der Waals surface area contributed by atoms with Gasteiger partial charge >= 0.3 is 0 Å². The molecule has 0 saturated heterocycles. The highest BCUT2D eigenvalue weighted by Crippen LogP contribution is 2.29. The molecule has 0 spiro atoms. The summed E-state index contributed by atoms with van der Waals surface area (Å²) in [5.41, 5.74) is 2.81. The SMILES string of the molecule is O=S(=O)(Nc1cc(Cl)ccc1Br)c1ccc2c(c1)CCC2. The maximum atomic E-state index is 12.5. The smallest absolute Gasteiger partial charge is 0.261 e. The van der Waals surface area contributed by atoms with Crippen molar-refractivity contribution >= 4 is 43.2 Å². The van der Waals surface area contributed by atoms with Crippen molar-refractivity contribution in [3.63, 3.8) is 0 Å². The summed E-state index contributed by atoms with van der Waals surface area (Å²) in [6.45, 7) is 0. The average Bonchev–Trinajstić information content (AvgIpc) is 2.90. The van der Waals surface area contributed by atoms with Crippen LogP contribution >= 0.6 is 27.5 Å². The Bertz CT molecular complexity index is 805. The standard InChI is InChI=1S/C15H13BrClNO2S/c16-14-7-5-12(17)9-15(14)18-21(19,20)13-6-4-10-2-1-3-11(10)8-13/h4-9,18H,1-3H2. The van der Waals surface area contributed by atoms with Crippen molar-refractivity contribution < 1.29 is 8.42 Å². The maximum absolute atomic E-state index is 12.5. The predicted molar refractivity (Wildman–Crippen MR) is 88.4 cm³/mol. The molecular formula is C15H13BrClNO2S. The Morgan fingerprint density at radius 3 is 2.62 bits per heavy atom. The van der Waals surface area contributed by atoms with Crippen molar-refractivity contribution in [1.29, 1.82) is 0 Å². The maximum Gasteiger partial charge on any atom is 0.261 e. The lowest BCUT2D eigenvalue weighted by molar-refractivity contribution is 0.601. The van der Waals surface area contributed by atoms with Gasteiger partial charge in [0.15, 0.2) is 0 Å². The van der Waals surface area contributed by atoms with Crippen LogP contribution in [0.4, 0.5) is 5.69 Å². The number of nitrogens with one attached hydrogen (secondary N) is 1. The number of fused-ring (bicyclic) bond motifs is 1. The molecule has 0 heterocycles. The highest BCUT2D eigenvalue weighted by Gasteiger charge is 2.19. The van der Waals surface area contributed by atoms with E-state index in [9.17, 15) is 8.42 Å². The van der Waals surface area contributed by atoms with E-state index in [1.807, 2.05) is 6.07 Å². The fourth-order valence-corrected chi connectivity index (χ4v) is 4.26. The Hall–Kier alpha value is -1.04. The van der Waals surface area contributed by atoms with Crippen molar-refractivity contribution in [3.05, 3.63) is 57.0 Å². The van der Waals surface area contributed by atoms with Crippen LogP contribution in [-0.4, -0.2) is 8.42 Å². The first-order valence-corrected chi connectivity index (χ1v) is 9.21. The molecule has 110 valence electrons. The van der Waals surface area contributed by atoms with E-state index in [0.29, 0.717) is 15.2 Å². The van der Waals surface area contributed by atoms with Crippen LogP contribution in [0.5, 0.6) is 0 Å². The van der Waals surface area contributed by atoms with E-state index in [4.69, 9.17) is 11.6 Å². The summed E-state index contributed by atoms with van der Waals surface area (Å²) < 4.78 is 28.2. The molecule has 2 aromatic carbocycles. The third kappa shape index (κ3) is 3.10. The molecule has 6 heteroatoms. The molecule has 0 saturated carbocycles. The average molecular weight is 387 g/mol. The lowest BCUT2D eigenvalue weighted by Crippen LogP contribution is -2.13. The van der Waals surface area contributed by atoms with Crippen LogP contribution in [0.1, 0.15) is 17.5 Å². The van der Waals surface area contributed by atoms with Crippen LogP contribution in [0.15, 0.2) is 45.8 Å². The molecule has 3 nitrogen and oxygen atoms in total. The minimum atomic E-state index is -3.61. The quantitative estimate of drug-likeness (QED) is 0.850. The summed E-state index contributed by atoms with van der Waals surface area (Å²) in [6, 6.07) is 10.3. The number of anilines is 1. The molecule has 1 aliphatic rings. The zero-order valence-electron chi connectivity index (χ0n) is 11.1. The van der Waals surface area contributed by atoms with Crippen molar-refractivity contribution in [3.8, 4) is 0 Å². The van der Waals surface area contributed by atoms with Gasteiger partial charge in [-0.3, -0.25) is 4.72 Å². The molecule has 2 aromatic rings. The number of halogens is 2. The molecule has 0 bridgehead atoms. The molecule has 0 aliphatic heterocycles. The Labute approximate surface area is 137 Å². The highest BCUT2D eigenvalue weighted by molar-refractivity contribution is 9.10. The first-order valence-electron chi connectivity index (χ1n) is 6.55. The van der Waals surface area contributed by atoms with Crippen LogP contribution in [0.25, 0.3) is 0 Å². The van der Waals surface area contributed by atoms with Crippen LogP contribution in [0.3, 0.4) is 0 Å². The first kappa shape index (κ1) is 14.9. The van der Waals surface area contributed by atoms with Gasteiger partial charge in [-0.15, -0.1) is 0 Å². The summed E-state index contributed by atoms with van der Waals surface area (Å²) in [5.74, 6) is 0. The molecule has 1 aliphatic carbocycles. The number of benzene rings is 2. The fourth-order valence-electron chi connectivity index (χ4n) is 2.49. The van der Waals surface area contributed by atoms with Gasteiger partial charge in [0.25, 0.3) is 10.0 Å². The summed E-state index contributed by atoms with van der Waals surface area (Å²) >= 11 is 9.23. The molecule has 0 amide bonds.